The van der Waals surface area contributed by atoms with Gasteiger partial charge in [-0.05, 0) is 18.9 Å². The summed E-state index contributed by atoms with van der Waals surface area (Å²) in [6, 6.07) is 10.2. The molecule has 0 saturated carbocycles. The second kappa shape index (κ2) is 6.60. The van der Waals surface area contributed by atoms with Crippen LogP contribution in [0.15, 0.2) is 30.3 Å². The van der Waals surface area contributed by atoms with Crippen LogP contribution in [-0.2, 0) is 16.3 Å². The Labute approximate surface area is 78.6 Å². The molecule has 3 heteroatoms. The molecule has 1 rings (SSSR count). The Morgan fingerprint density at radius 1 is 1.23 bits per heavy atom. The number of hydrogen-bond acceptors (Lipinski definition) is 3. The summed E-state index contributed by atoms with van der Waals surface area (Å²) in [6.07, 6.45) is 0.938. The molecular weight excluding hydrogens is 166 g/mol. The lowest BCUT2D eigenvalue weighted by molar-refractivity contribution is -0.333. The zero-order chi connectivity index (χ0) is 9.36. The number of rotatable bonds is 6. The van der Waals surface area contributed by atoms with Gasteiger partial charge in [0.25, 0.3) is 0 Å². The van der Waals surface area contributed by atoms with Crippen LogP contribution in [0.1, 0.15) is 12.5 Å². The van der Waals surface area contributed by atoms with Gasteiger partial charge < -0.3 is 0 Å². The van der Waals surface area contributed by atoms with E-state index in [1.807, 2.05) is 25.1 Å². The van der Waals surface area contributed by atoms with Crippen LogP contribution in [0, 0.1) is 0 Å². The molecule has 0 radical (unpaired) electrons. The van der Waals surface area contributed by atoms with Crippen LogP contribution in [0.3, 0.4) is 0 Å². The van der Waals surface area contributed by atoms with Gasteiger partial charge in [0, 0.05) is 6.54 Å². The average Bonchev–Trinajstić information content (AvgIpc) is 2.19. The van der Waals surface area contributed by atoms with E-state index >= 15 is 0 Å². The van der Waals surface area contributed by atoms with Gasteiger partial charge in [-0.25, -0.2) is 4.89 Å². The van der Waals surface area contributed by atoms with Crippen molar-refractivity contribution in [2.24, 2.45) is 0 Å². The summed E-state index contributed by atoms with van der Waals surface area (Å²) in [5.41, 5.74) is 4.00. The molecule has 0 fully saturated rings. The van der Waals surface area contributed by atoms with Gasteiger partial charge in [0.05, 0.1) is 6.61 Å². The van der Waals surface area contributed by atoms with Crippen LogP contribution < -0.4 is 5.48 Å². The molecule has 3 nitrogen and oxygen atoms in total. The fourth-order valence-corrected chi connectivity index (χ4v) is 0.982. The zero-order valence-corrected chi connectivity index (χ0v) is 7.82. The topological polar surface area (TPSA) is 30.5 Å². The molecule has 1 N–H and O–H groups in total. The van der Waals surface area contributed by atoms with Gasteiger partial charge >= 0.3 is 0 Å². The quantitative estimate of drug-likeness (QED) is 0.411. The number of nitrogens with one attached hydrogen (secondary N) is 1. The number of benzene rings is 1. The van der Waals surface area contributed by atoms with E-state index in [0.717, 1.165) is 13.0 Å². The van der Waals surface area contributed by atoms with E-state index in [0.29, 0.717) is 6.61 Å². The molecule has 0 spiro atoms. The lowest BCUT2D eigenvalue weighted by atomic mass is 10.2. The summed E-state index contributed by atoms with van der Waals surface area (Å²) < 4.78 is 0. The van der Waals surface area contributed by atoms with E-state index < -0.39 is 0 Å². The van der Waals surface area contributed by atoms with Gasteiger partial charge in [-0.15, -0.1) is 4.99 Å². The highest BCUT2D eigenvalue weighted by Gasteiger charge is 1.90. The summed E-state index contributed by atoms with van der Waals surface area (Å²) in [4.78, 5) is 9.31. The predicted molar refractivity (Wildman–Crippen MR) is 50.9 cm³/mol. The molecule has 0 amide bonds. The molecule has 1 aromatic carbocycles. The fourth-order valence-electron chi connectivity index (χ4n) is 0.982. The molecule has 0 unspecified atom stereocenters. The highest BCUT2D eigenvalue weighted by atomic mass is 17.3. The summed E-state index contributed by atoms with van der Waals surface area (Å²) in [5, 5.41) is 0. The van der Waals surface area contributed by atoms with Gasteiger partial charge in [0.1, 0.15) is 0 Å². The molecule has 0 saturated heterocycles. The van der Waals surface area contributed by atoms with E-state index in [1.165, 1.54) is 5.56 Å². The highest BCUT2D eigenvalue weighted by Crippen LogP contribution is 1.97. The third-order valence-electron chi connectivity index (χ3n) is 1.59. The normalized spacial score (nSPS) is 10.2. The smallest absolute Gasteiger partial charge is 0.0814 e. The van der Waals surface area contributed by atoms with E-state index in [4.69, 9.17) is 0 Å². The molecule has 72 valence electrons. The Kier molecular flexibility index (Phi) is 5.17. The van der Waals surface area contributed by atoms with Crippen LogP contribution in [0.5, 0.6) is 0 Å². The van der Waals surface area contributed by atoms with Crippen molar-refractivity contribution in [3.8, 4) is 0 Å². The first-order chi connectivity index (χ1) is 6.43. The lowest BCUT2D eigenvalue weighted by Gasteiger charge is -2.03. The van der Waals surface area contributed by atoms with Gasteiger partial charge in [-0.3, -0.25) is 0 Å². The first-order valence-electron chi connectivity index (χ1n) is 4.48. The monoisotopic (exact) mass is 181 g/mol. The summed E-state index contributed by atoms with van der Waals surface area (Å²) in [7, 11) is 0. The minimum atomic E-state index is 0.554. The van der Waals surface area contributed by atoms with Crippen molar-refractivity contribution in [1.29, 1.82) is 0 Å². The molecule has 0 heterocycles. The van der Waals surface area contributed by atoms with Crippen LogP contribution in [0.25, 0.3) is 0 Å². The maximum atomic E-state index is 4.66. The minimum absolute atomic E-state index is 0.554. The Morgan fingerprint density at radius 3 is 2.69 bits per heavy atom. The van der Waals surface area contributed by atoms with Crippen molar-refractivity contribution in [3.63, 3.8) is 0 Å². The minimum Gasteiger partial charge on any atom is -0.218 e. The molecule has 0 bridgehead atoms. The molecular formula is C10H15NO2. The van der Waals surface area contributed by atoms with Crippen molar-refractivity contribution < 1.29 is 9.88 Å². The Bertz CT molecular complexity index is 213. The van der Waals surface area contributed by atoms with E-state index in [2.05, 4.69) is 27.5 Å². The van der Waals surface area contributed by atoms with Gasteiger partial charge in [-0.1, -0.05) is 30.3 Å². The highest BCUT2D eigenvalue weighted by molar-refractivity contribution is 5.14. The average molecular weight is 181 g/mol. The first kappa shape index (κ1) is 10.2. The molecule has 13 heavy (non-hydrogen) atoms. The maximum absolute atomic E-state index is 4.66. The lowest BCUT2D eigenvalue weighted by Crippen LogP contribution is -2.18. The molecule has 1 aromatic rings. The second-order valence-corrected chi connectivity index (χ2v) is 2.62. The molecule has 0 aliphatic heterocycles. The summed E-state index contributed by atoms with van der Waals surface area (Å²) in [5.74, 6) is 0. The van der Waals surface area contributed by atoms with E-state index in [1.54, 1.807) is 0 Å². The van der Waals surface area contributed by atoms with E-state index in [9.17, 15) is 0 Å². The molecule has 0 atom stereocenters. The van der Waals surface area contributed by atoms with Gasteiger partial charge in [-0.2, -0.15) is 5.48 Å². The van der Waals surface area contributed by atoms with Crippen molar-refractivity contribution in [3.05, 3.63) is 35.9 Å². The Hall–Kier alpha value is -0.900. The summed E-state index contributed by atoms with van der Waals surface area (Å²) in [6.45, 7) is 3.18. The maximum Gasteiger partial charge on any atom is 0.0814 e. The summed E-state index contributed by atoms with van der Waals surface area (Å²) >= 11 is 0. The van der Waals surface area contributed by atoms with Gasteiger partial charge in [0.15, 0.2) is 0 Å². The van der Waals surface area contributed by atoms with Crippen molar-refractivity contribution in [1.82, 2.24) is 5.48 Å². The van der Waals surface area contributed by atoms with Crippen LogP contribution in [0.4, 0.5) is 0 Å². The van der Waals surface area contributed by atoms with Crippen LogP contribution in [-0.4, -0.2) is 13.2 Å². The molecule has 0 aliphatic carbocycles. The molecule has 0 aliphatic rings. The largest absolute Gasteiger partial charge is 0.218 e. The third-order valence-corrected chi connectivity index (χ3v) is 1.59. The van der Waals surface area contributed by atoms with Crippen molar-refractivity contribution in [2.75, 3.05) is 13.2 Å². The zero-order valence-electron chi connectivity index (χ0n) is 7.82. The fraction of sp³-hybridized carbons (Fsp3) is 0.400. The van der Waals surface area contributed by atoms with Crippen LogP contribution in [0.2, 0.25) is 0 Å². The standard InChI is InChI=1S/C10H15NO2/c1-2-12-13-11-9-8-10-6-4-3-5-7-10/h3-7,11H,2,8-9H2,1H3. The number of hydroxylamine groups is 1. The Morgan fingerprint density at radius 2 is 2.00 bits per heavy atom. The SMILES string of the molecule is CCOONCCc1ccccc1. The Balaban J connectivity index is 2.07. The van der Waals surface area contributed by atoms with Crippen molar-refractivity contribution >= 4 is 0 Å². The second-order valence-electron chi connectivity index (χ2n) is 2.62. The van der Waals surface area contributed by atoms with E-state index in [-0.39, 0.29) is 0 Å². The number of hydrogen-bond donors (Lipinski definition) is 1. The first-order valence-corrected chi connectivity index (χ1v) is 4.48. The third kappa shape index (κ3) is 4.62. The predicted octanol–water partition coefficient (Wildman–Crippen LogP) is 1.70. The molecule has 0 aromatic heterocycles. The van der Waals surface area contributed by atoms with Crippen LogP contribution >= 0.6 is 0 Å². The van der Waals surface area contributed by atoms with Crippen molar-refractivity contribution in [2.45, 2.75) is 13.3 Å². The van der Waals surface area contributed by atoms with Gasteiger partial charge in [0.2, 0.25) is 0 Å².